The molecule has 1 amide bonds. The van der Waals surface area contributed by atoms with Gasteiger partial charge in [0, 0.05) is 13.1 Å². The zero-order chi connectivity index (χ0) is 10.4. The molecule has 1 rings (SSSR count). The van der Waals surface area contributed by atoms with Crippen LogP contribution >= 0.6 is 0 Å². The third-order valence-corrected chi connectivity index (χ3v) is 1.81. The summed E-state index contributed by atoms with van der Waals surface area (Å²) < 4.78 is 0. The van der Waals surface area contributed by atoms with Crippen molar-refractivity contribution in [2.75, 3.05) is 13.8 Å². The molecule has 0 atom stereocenters. The van der Waals surface area contributed by atoms with E-state index < -0.39 is 0 Å². The van der Waals surface area contributed by atoms with Gasteiger partial charge in [-0.15, -0.1) is 0 Å². The molecule has 1 N–H and O–H groups in total. The lowest BCUT2D eigenvalue weighted by Crippen LogP contribution is -2.25. The molecule has 0 aromatic heterocycles. The van der Waals surface area contributed by atoms with Crippen LogP contribution < -0.4 is 0 Å². The Kier molecular flexibility index (Phi) is 3.88. The minimum absolute atomic E-state index is 0.212. The van der Waals surface area contributed by atoms with Gasteiger partial charge >= 0.3 is 0 Å². The highest BCUT2D eigenvalue weighted by Crippen LogP contribution is 2.01. The number of hydrogen-bond acceptors (Lipinski definition) is 2. The molecule has 1 aromatic carbocycles. The molecule has 0 aliphatic carbocycles. The summed E-state index contributed by atoms with van der Waals surface area (Å²) in [6.07, 6.45) is 3.15. The summed E-state index contributed by atoms with van der Waals surface area (Å²) in [5.74, 6) is -0.212. The zero-order valence-corrected chi connectivity index (χ0v) is 8.05. The molecule has 0 saturated carbocycles. The summed E-state index contributed by atoms with van der Waals surface area (Å²) in [6.45, 7) is -0.266. The second-order valence-corrected chi connectivity index (χ2v) is 2.92. The van der Waals surface area contributed by atoms with Gasteiger partial charge in [0.1, 0.15) is 6.73 Å². The van der Waals surface area contributed by atoms with Crippen molar-refractivity contribution < 1.29 is 9.90 Å². The van der Waals surface area contributed by atoms with Crippen LogP contribution in [0.2, 0.25) is 0 Å². The van der Waals surface area contributed by atoms with Crippen LogP contribution in [0.1, 0.15) is 5.56 Å². The van der Waals surface area contributed by atoms with E-state index in [-0.39, 0.29) is 12.6 Å². The van der Waals surface area contributed by atoms with Crippen LogP contribution in [0.15, 0.2) is 36.4 Å². The van der Waals surface area contributed by atoms with Crippen LogP contribution in [0, 0.1) is 0 Å². The molecule has 0 aliphatic rings. The Bertz CT molecular complexity index is 319. The Labute approximate surface area is 83.3 Å². The van der Waals surface area contributed by atoms with Crippen LogP contribution in [-0.2, 0) is 4.79 Å². The van der Waals surface area contributed by atoms with Crippen molar-refractivity contribution in [2.24, 2.45) is 0 Å². The fraction of sp³-hybridized carbons (Fsp3) is 0.182. The van der Waals surface area contributed by atoms with Crippen LogP contribution in [-0.4, -0.2) is 29.7 Å². The minimum atomic E-state index is -0.266. The van der Waals surface area contributed by atoms with E-state index in [9.17, 15) is 4.79 Å². The molecule has 0 heterocycles. The number of carbonyl (C=O) groups is 1. The SMILES string of the molecule is CN(CO)C(=O)C=Cc1ccccc1. The topological polar surface area (TPSA) is 40.5 Å². The molecule has 3 nitrogen and oxygen atoms in total. The van der Waals surface area contributed by atoms with Gasteiger partial charge in [0.2, 0.25) is 5.91 Å². The van der Waals surface area contributed by atoms with Gasteiger partial charge < -0.3 is 10.0 Å². The van der Waals surface area contributed by atoms with Crippen molar-refractivity contribution in [3.05, 3.63) is 42.0 Å². The first-order chi connectivity index (χ1) is 6.74. The van der Waals surface area contributed by atoms with Crippen molar-refractivity contribution in [1.82, 2.24) is 4.90 Å². The monoisotopic (exact) mass is 191 g/mol. The summed E-state index contributed by atoms with van der Waals surface area (Å²) in [6, 6.07) is 9.53. The van der Waals surface area contributed by atoms with E-state index in [4.69, 9.17) is 5.11 Å². The van der Waals surface area contributed by atoms with Crippen molar-refractivity contribution in [2.45, 2.75) is 0 Å². The largest absolute Gasteiger partial charge is 0.376 e. The molecule has 0 aliphatic heterocycles. The number of nitrogens with zero attached hydrogens (tertiary/aromatic N) is 1. The van der Waals surface area contributed by atoms with Crippen molar-refractivity contribution in [3.63, 3.8) is 0 Å². The summed E-state index contributed by atoms with van der Waals surface area (Å²) in [4.78, 5) is 12.4. The number of carbonyl (C=O) groups excluding carboxylic acids is 1. The number of amides is 1. The third-order valence-electron chi connectivity index (χ3n) is 1.81. The first kappa shape index (κ1) is 10.5. The Morgan fingerprint density at radius 1 is 1.43 bits per heavy atom. The van der Waals surface area contributed by atoms with Gasteiger partial charge in [0.15, 0.2) is 0 Å². The minimum Gasteiger partial charge on any atom is -0.376 e. The zero-order valence-electron chi connectivity index (χ0n) is 8.05. The van der Waals surface area contributed by atoms with Gasteiger partial charge in [-0.25, -0.2) is 0 Å². The molecule has 0 bridgehead atoms. The number of aliphatic hydroxyl groups excluding tert-OH is 1. The van der Waals surface area contributed by atoms with E-state index in [1.165, 1.54) is 18.0 Å². The Hall–Kier alpha value is -1.61. The predicted molar refractivity (Wildman–Crippen MR) is 55.3 cm³/mol. The summed E-state index contributed by atoms with van der Waals surface area (Å²) in [5, 5.41) is 8.67. The highest BCUT2D eigenvalue weighted by molar-refractivity contribution is 5.91. The number of hydrogen-bond donors (Lipinski definition) is 1. The Morgan fingerprint density at radius 3 is 2.64 bits per heavy atom. The van der Waals surface area contributed by atoms with Crippen LogP contribution in [0.4, 0.5) is 0 Å². The number of benzene rings is 1. The highest BCUT2D eigenvalue weighted by Gasteiger charge is 2.00. The van der Waals surface area contributed by atoms with E-state index in [1.54, 1.807) is 6.08 Å². The molecular formula is C11H13NO2. The molecule has 0 saturated heterocycles. The second kappa shape index (κ2) is 5.19. The lowest BCUT2D eigenvalue weighted by Gasteiger charge is -2.09. The molecule has 0 unspecified atom stereocenters. The van der Waals surface area contributed by atoms with Gasteiger partial charge in [0.25, 0.3) is 0 Å². The quantitative estimate of drug-likeness (QED) is 0.574. The Balaban J connectivity index is 2.61. The van der Waals surface area contributed by atoms with E-state index in [0.717, 1.165) is 5.56 Å². The van der Waals surface area contributed by atoms with Crippen LogP contribution in [0.5, 0.6) is 0 Å². The summed E-state index contributed by atoms with van der Waals surface area (Å²) in [5.41, 5.74) is 0.965. The number of rotatable bonds is 3. The van der Waals surface area contributed by atoms with E-state index in [1.807, 2.05) is 30.3 Å². The maximum absolute atomic E-state index is 11.2. The molecule has 0 spiro atoms. The van der Waals surface area contributed by atoms with Crippen molar-refractivity contribution >= 4 is 12.0 Å². The molecule has 0 radical (unpaired) electrons. The van der Waals surface area contributed by atoms with Crippen molar-refractivity contribution in [3.8, 4) is 0 Å². The van der Waals surface area contributed by atoms with Crippen LogP contribution in [0.3, 0.4) is 0 Å². The number of likely N-dealkylation sites (N-methyl/N-ethyl adjacent to an activating group) is 1. The average molecular weight is 191 g/mol. The first-order valence-electron chi connectivity index (χ1n) is 4.33. The maximum atomic E-state index is 11.2. The van der Waals surface area contributed by atoms with Gasteiger partial charge in [-0.05, 0) is 11.6 Å². The van der Waals surface area contributed by atoms with Crippen molar-refractivity contribution in [1.29, 1.82) is 0 Å². The van der Waals surface area contributed by atoms with Gasteiger partial charge in [-0.3, -0.25) is 4.79 Å². The lowest BCUT2D eigenvalue weighted by molar-refractivity contribution is -0.127. The molecule has 74 valence electrons. The van der Waals surface area contributed by atoms with E-state index >= 15 is 0 Å². The van der Waals surface area contributed by atoms with Gasteiger partial charge in [-0.2, -0.15) is 0 Å². The van der Waals surface area contributed by atoms with Gasteiger partial charge in [0.05, 0.1) is 0 Å². The smallest absolute Gasteiger partial charge is 0.248 e. The maximum Gasteiger partial charge on any atom is 0.248 e. The van der Waals surface area contributed by atoms with E-state index in [2.05, 4.69) is 0 Å². The Morgan fingerprint density at radius 2 is 2.07 bits per heavy atom. The van der Waals surface area contributed by atoms with Crippen LogP contribution in [0.25, 0.3) is 6.08 Å². The normalized spacial score (nSPS) is 10.4. The summed E-state index contributed by atoms with van der Waals surface area (Å²) in [7, 11) is 1.54. The fourth-order valence-corrected chi connectivity index (χ4v) is 0.929. The third kappa shape index (κ3) is 3.03. The predicted octanol–water partition coefficient (Wildman–Crippen LogP) is 1.11. The summed E-state index contributed by atoms with van der Waals surface area (Å²) >= 11 is 0. The molecule has 0 fully saturated rings. The standard InChI is InChI=1S/C11H13NO2/c1-12(9-13)11(14)8-7-10-5-3-2-4-6-10/h2-8,13H,9H2,1H3. The van der Waals surface area contributed by atoms with E-state index in [0.29, 0.717) is 0 Å². The fourth-order valence-electron chi connectivity index (χ4n) is 0.929. The highest BCUT2D eigenvalue weighted by atomic mass is 16.3. The lowest BCUT2D eigenvalue weighted by atomic mass is 10.2. The second-order valence-electron chi connectivity index (χ2n) is 2.92. The molecule has 14 heavy (non-hydrogen) atoms. The molecular weight excluding hydrogens is 178 g/mol. The average Bonchev–Trinajstić information content (AvgIpc) is 2.26. The number of aliphatic hydroxyl groups is 1. The first-order valence-corrected chi connectivity index (χ1v) is 4.33. The molecule has 1 aromatic rings. The molecule has 3 heteroatoms. The van der Waals surface area contributed by atoms with Gasteiger partial charge in [-0.1, -0.05) is 30.3 Å².